The molecule has 0 N–H and O–H groups in total. The normalized spacial score (nSPS) is 16.6. The highest BCUT2D eigenvalue weighted by molar-refractivity contribution is 7.89. The van der Waals surface area contributed by atoms with Gasteiger partial charge in [-0.1, -0.05) is 17.7 Å². The van der Waals surface area contributed by atoms with Gasteiger partial charge < -0.3 is 4.90 Å². The summed E-state index contributed by atoms with van der Waals surface area (Å²) >= 11 is 6.10. The molecule has 0 aromatic heterocycles. The molecule has 0 amide bonds. The van der Waals surface area contributed by atoms with Crippen molar-refractivity contribution in [3.8, 4) is 0 Å². The minimum Gasteiger partial charge on any atom is -0.369 e. The third kappa shape index (κ3) is 4.93. The fourth-order valence-corrected chi connectivity index (χ4v) is 5.00. The van der Waals surface area contributed by atoms with E-state index in [4.69, 9.17) is 11.6 Å². The molecule has 3 rings (SSSR count). The average Bonchev–Trinajstić information content (AvgIpc) is 2.68. The van der Waals surface area contributed by atoms with Gasteiger partial charge in [0.1, 0.15) is 0 Å². The van der Waals surface area contributed by atoms with Gasteiger partial charge in [-0.2, -0.15) is 30.6 Å². The van der Waals surface area contributed by atoms with E-state index in [-0.39, 0.29) is 44.4 Å². The summed E-state index contributed by atoms with van der Waals surface area (Å²) in [5.74, 6) is 0. The van der Waals surface area contributed by atoms with Crippen molar-refractivity contribution in [3.63, 3.8) is 0 Å². The van der Waals surface area contributed by atoms with Gasteiger partial charge in [-0.3, -0.25) is 0 Å². The van der Waals surface area contributed by atoms with E-state index in [1.54, 1.807) is 25.1 Å². The standard InChI is InChI=1S/C19H17ClF6N2O2S/c1-12-16(20)3-2-4-17(12)27-5-7-28(8-6-27)31(29,30)15-10-13(18(21,22)23)9-14(11-15)19(24,25)26/h2-4,9-11H,5-8H2,1H3. The van der Waals surface area contributed by atoms with Crippen LogP contribution >= 0.6 is 11.6 Å². The Bertz CT molecular complexity index is 1050. The molecular weight excluding hydrogens is 470 g/mol. The van der Waals surface area contributed by atoms with Crippen LogP contribution in [0.2, 0.25) is 5.02 Å². The quantitative estimate of drug-likeness (QED) is 0.560. The van der Waals surface area contributed by atoms with E-state index in [1.165, 1.54) is 0 Å². The second kappa shape index (κ2) is 8.18. The van der Waals surface area contributed by atoms with Crippen LogP contribution in [0.25, 0.3) is 0 Å². The summed E-state index contributed by atoms with van der Waals surface area (Å²) in [6.45, 7) is 1.98. The van der Waals surface area contributed by atoms with Crippen molar-refractivity contribution in [1.29, 1.82) is 0 Å². The molecule has 12 heteroatoms. The Morgan fingerprint density at radius 2 is 1.39 bits per heavy atom. The highest BCUT2D eigenvalue weighted by atomic mass is 35.5. The van der Waals surface area contributed by atoms with Gasteiger partial charge >= 0.3 is 12.4 Å². The molecule has 2 aromatic rings. The van der Waals surface area contributed by atoms with E-state index in [0.29, 0.717) is 5.02 Å². The van der Waals surface area contributed by atoms with Gasteiger partial charge in [0.15, 0.2) is 0 Å². The maximum Gasteiger partial charge on any atom is 0.416 e. The number of alkyl halides is 6. The van der Waals surface area contributed by atoms with Crippen LogP contribution < -0.4 is 4.90 Å². The van der Waals surface area contributed by atoms with Gasteiger partial charge in [-0.25, -0.2) is 8.42 Å². The minimum absolute atomic E-state index is 0.0983. The van der Waals surface area contributed by atoms with Crippen molar-refractivity contribution < 1.29 is 34.8 Å². The van der Waals surface area contributed by atoms with E-state index in [0.717, 1.165) is 15.6 Å². The molecule has 1 aliphatic rings. The number of rotatable bonds is 3. The van der Waals surface area contributed by atoms with Crippen molar-refractivity contribution in [2.45, 2.75) is 24.2 Å². The number of nitrogens with zero attached hydrogens (tertiary/aromatic N) is 2. The van der Waals surface area contributed by atoms with Crippen LogP contribution in [0.1, 0.15) is 16.7 Å². The van der Waals surface area contributed by atoms with Crippen LogP contribution in [-0.2, 0) is 22.4 Å². The van der Waals surface area contributed by atoms with Crippen LogP contribution in [0.4, 0.5) is 32.0 Å². The average molecular weight is 487 g/mol. The highest BCUT2D eigenvalue weighted by Crippen LogP contribution is 2.38. The summed E-state index contributed by atoms with van der Waals surface area (Å²) in [5, 5.41) is 0.524. The minimum atomic E-state index is -5.13. The molecule has 0 bridgehead atoms. The first-order valence-corrected chi connectivity index (χ1v) is 10.8. The second-order valence-corrected chi connectivity index (χ2v) is 9.36. The van der Waals surface area contributed by atoms with E-state index >= 15 is 0 Å². The van der Waals surface area contributed by atoms with Gasteiger partial charge in [0, 0.05) is 36.9 Å². The topological polar surface area (TPSA) is 40.6 Å². The van der Waals surface area contributed by atoms with Crippen LogP contribution in [0, 0.1) is 6.92 Å². The van der Waals surface area contributed by atoms with Gasteiger partial charge in [0.25, 0.3) is 0 Å². The molecule has 0 aliphatic carbocycles. The van der Waals surface area contributed by atoms with Crippen LogP contribution in [-0.4, -0.2) is 38.9 Å². The number of sulfonamides is 1. The third-order valence-electron chi connectivity index (χ3n) is 5.02. The zero-order chi connectivity index (χ0) is 23.2. The fraction of sp³-hybridized carbons (Fsp3) is 0.368. The first-order valence-electron chi connectivity index (χ1n) is 9.01. The van der Waals surface area contributed by atoms with E-state index in [2.05, 4.69) is 0 Å². The molecule has 4 nitrogen and oxygen atoms in total. The maximum atomic E-state index is 13.1. The monoisotopic (exact) mass is 486 g/mol. The van der Waals surface area contributed by atoms with Gasteiger partial charge in [0.2, 0.25) is 10.0 Å². The summed E-state index contributed by atoms with van der Waals surface area (Å²) in [5.41, 5.74) is -1.78. The van der Waals surface area contributed by atoms with Crippen molar-refractivity contribution >= 4 is 27.3 Å². The van der Waals surface area contributed by atoms with E-state index in [1.807, 2.05) is 4.90 Å². The molecular formula is C19H17ClF6N2O2S. The van der Waals surface area contributed by atoms with Gasteiger partial charge in [0.05, 0.1) is 16.0 Å². The summed E-state index contributed by atoms with van der Waals surface area (Å²) < 4.78 is 105. The lowest BCUT2D eigenvalue weighted by atomic mass is 10.1. The van der Waals surface area contributed by atoms with Crippen molar-refractivity contribution in [3.05, 3.63) is 58.1 Å². The predicted octanol–water partition coefficient (Wildman–Crippen LogP) is 5.20. The summed E-state index contributed by atoms with van der Waals surface area (Å²) in [7, 11) is -4.57. The number of piperazine rings is 1. The molecule has 1 fully saturated rings. The molecule has 31 heavy (non-hydrogen) atoms. The number of hydrogen-bond donors (Lipinski definition) is 0. The Morgan fingerprint density at radius 1 is 0.871 bits per heavy atom. The molecule has 0 unspecified atom stereocenters. The lowest BCUT2D eigenvalue weighted by Crippen LogP contribution is -2.48. The number of benzene rings is 2. The molecule has 1 saturated heterocycles. The van der Waals surface area contributed by atoms with Crippen LogP contribution in [0.3, 0.4) is 0 Å². The van der Waals surface area contributed by atoms with Gasteiger partial charge in [-0.15, -0.1) is 0 Å². The molecule has 0 atom stereocenters. The van der Waals surface area contributed by atoms with Crippen molar-refractivity contribution in [1.82, 2.24) is 4.31 Å². The molecule has 0 saturated carbocycles. The Morgan fingerprint density at radius 3 is 1.87 bits per heavy atom. The van der Waals surface area contributed by atoms with E-state index < -0.39 is 38.4 Å². The SMILES string of the molecule is Cc1c(Cl)cccc1N1CCN(S(=O)(=O)c2cc(C(F)(F)F)cc(C(F)(F)F)c2)CC1. The van der Waals surface area contributed by atoms with Crippen molar-refractivity contribution in [2.24, 2.45) is 0 Å². The molecule has 2 aromatic carbocycles. The lowest BCUT2D eigenvalue weighted by molar-refractivity contribution is -0.143. The predicted molar refractivity (Wildman–Crippen MR) is 104 cm³/mol. The maximum absolute atomic E-state index is 13.1. The summed E-state index contributed by atoms with van der Waals surface area (Å²) in [4.78, 5) is 0.822. The molecule has 170 valence electrons. The van der Waals surface area contributed by atoms with Crippen LogP contribution in [0.5, 0.6) is 0 Å². The first-order chi connectivity index (χ1) is 14.2. The summed E-state index contributed by atoms with van der Waals surface area (Å²) in [6, 6.07) is 5.60. The Balaban J connectivity index is 1.90. The Hall–Kier alpha value is -1.98. The first kappa shape index (κ1) is 23.7. The highest BCUT2D eigenvalue weighted by Gasteiger charge is 2.39. The zero-order valence-corrected chi connectivity index (χ0v) is 17.6. The second-order valence-electron chi connectivity index (χ2n) is 7.02. The molecule has 0 spiro atoms. The smallest absolute Gasteiger partial charge is 0.369 e. The third-order valence-corrected chi connectivity index (χ3v) is 7.30. The Labute approximate surface area is 180 Å². The van der Waals surface area contributed by atoms with E-state index in [9.17, 15) is 34.8 Å². The molecule has 1 heterocycles. The zero-order valence-electron chi connectivity index (χ0n) is 16.1. The largest absolute Gasteiger partial charge is 0.416 e. The van der Waals surface area contributed by atoms with Gasteiger partial charge in [-0.05, 0) is 42.8 Å². The lowest BCUT2D eigenvalue weighted by Gasteiger charge is -2.36. The number of halogens is 7. The number of anilines is 1. The fourth-order valence-electron chi connectivity index (χ4n) is 3.33. The Kier molecular flexibility index (Phi) is 6.25. The molecule has 1 aliphatic heterocycles. The van der Waals surface area contributed by atoms with Crippen LogP contribution in [0.15, 0.2) is 41.3 Å². The van der Waals surface area contributed by atoms with Crippen molar-refractivity contribution in [2.75, 3.05) is 31.1 Å². The number of hydrogen-bond acceptors (Lipinski definition) is 3. The molecule has 0 radical (unpaired) electrons. The summed E-state index contributed by atoms with van der Waals surface area (Å²) in [6.07, 6.45) is -10.3.